The Balaban J connectivity index is 2.37. The Morgan fingerprint density at radius 1 is 1.17 bits per heavy atom. The Labute approximate surface area is 146 Å². The lowest BCUT2D eigenvalue weighted by Crippen LogP contribution is -2.45. The molecule has 24 heavy (non-hydrogen) atoms. The van der Waals surface area contributed by atoms with Crippen LogP contribution < -0.4 is 0 Å². The van der Waals surface area contributed by atoms with E-state index in [0.717, 1.165) is 12.8 Å². The van der Waals surface area contributed by atoms with E-state index < -0.39 is 16.6 Å². The van der Waals surface area contributed by atoms with Crippen LogP contribution in [0.2, 0.25) is 0 Å². The van der Waals surface area contributed by atoms with Crippen LogP contribution in [0.25, 0.3) is 0 Å². The van der Waals surface area contributed by atoms with Crippen molar-refractivity contribution < 1.29 is 19.4 Å². The van der Waals surface area contributed by atoms with Gasteiger partial charge in [-0.25, -0.2) is 0 Å². The third-order valence-corrected chi connectivity index (χ3v) is 6.16. The number of esters is 1. The highest BCUT2D eigenvalue weighted by Gasteiger charge is 2.55. The quantitative estimate of drug-likeness (QED) is 0.779. The second kappa shape index (κ2) is 6.12. The van der Waals surface area contributed by atoms with Crippen molar-refractivity contribution in [3.8, 4) is 0 Å². The molecular formula is C20H34O4. The lowest BCUT2D eigenvalue weighted by molar-refractivity contribution is -0.176. The van der Waals surface area contributed by atoms with Crippen LogP contribution in [0.5, 0.6) is 0 Å². The first kappa shape index (κ1) is 19.4. The van der Waals surface area contributed by atoms with Gasteiger partial charge in [0.25, 0.3) is 0 Å². The predicted octanol–water partition coefficient (Wildman–Crippen LogP) is 3.75. The van der Waals surface area contributed by atoms with E-state index in [-0.39, 0.29) is 35.4 Å². The zero-order chi connectivity index (χ0) is 18.5. The predicted molar refractivity (Wildman–Crippen MR) is 93.4 cm³/mol. The van der Waals surface area contributed by atoms with Crippen LogP contribution in [0.1, 0.15) is 74.1 Å². The molecule has 0 aliphatic heterocycles. The highest BCUT2D eigenvalue weighted by Crippen LogP contribution is 2.51. The Hall–Kier alpha value is -0.900. The molecule has 4 nitrogen and oxygen atoms in total. The van der Waals surface area contributed by atoms with Crippen molar-refractivity contribution >= 4 is 11.8 Å². The van der Waals surface area contributed by atoms with E-state index in [1.165, 1.54) is 0 Å². The fourth-order valence-electron chi connectivity index (χ4n) is 4.55. The van der Waals surface area contributed by atoms with Crippen molar-refractivity contribution in [1.29, 1.82) is 0 Å². The molecule has 0 aromatic rings. The molecule has 0 bridgehead atoms. The maximum atomic E-state index is 13.2. The summed E-state index contributed by atoms with van der Waals surface area (Å²) in [7, 11) is 0. The lowest BCUT2D eigenvalue weighted by atomic mass is 9.75. The number of aliphatic hydroxyl groups is 1. The minimum Gasteiger partial charge on any atom is -0.459 e. The van der Waals surface area contributed by atoms with Crippen molar-refractivity contribution in [2.45, 2.75) is 85.4 Å². The van der Waals surface area contributed by atoms with Crippen LogP contribution in [-0.2, 0) is 14.3 Å². The molecule has 0 radical (unpaired) electrons. The van der Waals surface area contributed by atoms with Crippen molar-refractivity contribution in [2.75, 3.05) is 0 Å². The summed E-state index contributed by atoms with van der Waals surface area (Å²) in [5, 5.41) is 10.5. The molecule has 1 N–H and O–H groups in total. The Morgan fingerprint density at radius 2 is 1.75 bits per heavy atom. The van der Waals surface area contributed by atoms with E-state index in [2.05, 4.69) is 6.92 Å². The molecule has 0 spiro atoms. The van der Waals surface area contributed by atoms with Gasteiger partial charge in [-0.2, -0.15) is 0 Å². The number of fused-ring (bicyclic) bond motifs is 1. The van der Waals surface area contributed by atoms with Crippen molar-refractivity contribution in [3.05, 3.63) is 0 Å². The maximum absolute atomic E-state index is 13.2. The molecule has 2 fully saturated rings. The third-order valence-electron chi connectivity index (χ3n) is 6.16. The number of carbonyl (C=O) groups excluding carboxylic acids is 2. The molecule has 0 saturated heterocycles. The number of carbonyl (C=O) groups is 2. The highest BCUT2D eigenvalue weighted by atomic mass is 16.6. The fourth-order valence-corrected chi connectivity index (χ4v) is 4.55. The van der Waals surface area contributed by atoms with Gasteiger partial charge >= 0.3 is 5.97 Å². The van der Waals surface area contributed by atoms with Crippen molar-refractivity contribution in [3.63, 3.8) is 0 Å². The zero-order valence-corrected chi connectivity index (χ0v) is 16.3. The van der Waals surface area contributed by atoms with Gasteiger partial charge in [0.15, 0.2) is 0 Å². The second-order valence-electron chi connectivity index (χ2n) is 9.79. The molecule has 4 heteroatoms. The molecular weight excluding hydrogens is 304 g/mol. The number of hydrogen-bond donors (Lipinski definition) is 1. The van der Waals surface area contributed by atoms with Gasteiger partial charge in [0, 0.05) is 17.8 Å². The molecule has 0 aromatic heterocycles. The summed E-state index contributed by atoms with van der Waals surface area (Å²) < 4.78 is 6.02. The standard InChI is InChI=1S/C20H34O4/c1-12-8-9-13-15(12)16(21)14(19(5,6)23)10-11-20(13,7)24-17(22)18(2,3)4/h12-15,23H,8-11H2,1-7H3/t12-,13-,14-,15+,20-/m1/s1. The maximum Gasteiger partial charge on any atom is 0.311 e. The van der Waals surface area contributed by atoms with Gasteiger partial charge in [0.1, 0.15) is 11.4 Å². The Kier molecular flexibility index (Phi) is 4.95. The summed E-state index contributed by atoms with van der Waals surface area (Å²) in [4.78, 5) is 25.7. The molecule has 0 amide bonds. The average Bonchev–Trinajstić information content (AvgIpc) is 2.73. The molecule has 2 aliphatic carbocycles. The number of hydrogen-bond acceptors (Lipinski definition) is 4. The van der Waals surface area contributed by atoms with Crippen LogP contribution in [0.15, 0.2) is 0 Å². The summed E-state index contributed by atoms with van der Waals surface area (Å²) in [6, 6.07) is 0. The van der Waals surface area contributed by atoms with Crippen LogP contribution >= 0.6 is 0 Å². The first-order valence-corrected chi connectivity index (χ1v) is 9.27. The van der Waals surface area contributed by atoms with E-state index in [0.29, 0.717) is 12.8 Å². The summed E-state index contributed by atoms with van der Waals surface area (Å²) in [5.74, 6) is -0.232. The molecule has 0 unspecified atom stereocenters. The largest absolute Gasteiger partial charge is 0.459 e. The molecule has 2 rings (SSSR count). The van der Waals surface area contributed by atoms with Gasteiger partial charge in [0.2, 0.25) is 0 Å². The molecule has 5 atom stereocenters. The van der Waals surface area contributed by atoms with E-state index in [1.54, 1.807) is 13.8 Å². The van der Waals surface area contributed by atoms with Crippen LogP contribution in [-0.4, -0.2) is 28.1 Å². The van der Waals surface area contributed by atoms with Crippen LogP contribution in [0, 0.1) is 29.1 Å². The van der Waals surface area contributed by atoms with Gasteiger partial charge in [0.05, 0.1) is 11.0 Å². The Morgan fingerprint density at radius 3 is 2.25 bits per heavy atom. The SMILES string of the molecule is C[C@@H]1CC[C@@H]2[C@H]1C(=O)[C@H](C(C)(C)O)CC[C@@]2(C)OC(=O)C(C)(C)C. The zero-order valence-electron chi connectivity index (χ0n) is 16.3. The molecule has 2 saturated carbocycles. The van der Waals surface area contributed by atoms with E-state index in [9.17, 15) is 14.7 Å². The lowest BCUT2D eigenvalue weighted by Gasteiger charge is -2.38. The van der Waals surface area contributed by atoms with Crippen LogP contribution in [0.3, 0.4) is 0 Å². The van der Waals surface area contributed by atoms with Gasteiger partial charge in [-0.15, -0.1) is 0 Å². The molecule has 2 aliphatic rings. The summed E-state index contributed by atoms with van der Waals surface area (Å²) in [6.45, 7) is 13.1. The van der Waals surface area contributed by atoms with Crippen molar-refractivity contribution in [1.82, 2.24) is 0 Å². The number of ether oxygens (including phenoxy) is 1. The molecule has 138 valence electrons. The minimum absolute atomic E-state index is 0.0543. The first-order chi connectivity index (χ1) is 10.8. The van der Waals surface area contributed by atoms with E-state index >= 15 is 0 Å². The fraction of sp³-hybridized carbons (Fsp3) is 0.900. The number of rotatable bonds is 2. The summed E-state index contributed by atoms with van der Waals surface area (Å²) in [5.41, 5.74) is -2.23. The van der Waals surface area contributed by atoms with Gasteiger partial charge in [-0.3, -0.25) is 9.59 Å². The number of Topliss-reactive ketones (excluding diaryl/α,β-unsaturated/α-hetero) is 1. The first-order valence-electron chi connectivity index (χ1n) is 9.27. The topological polar surface area (TPSA) is 63.6 Å². The Bertz CT molecular complexity index is 511. The van der Waals surface area contributed by atoms with Crippen molar-refractivity contribution in [2.24, 2.45) is 29.1 Å². The molecule has 0 heterocycles. The van der Waals surface area contributed by atoms with Gasteiger partial charge < -0.3 is 9.84 Å². The van der Waals surface area contributed by atoms with Gasteiger partial charge in [-0.05, 0) is 73.1 Å². The average molecular weight is 338 g/mol. The summed E-state index contributed by atoms with van der Waals surface area (Å²) >= 11 is 0. The van der Waals surface area contributed by atoms with Crippen LogP contribution in [0.4, 0.5) is 0 Å². The number of ketones is 1. The highest BCUT2D eigenvalue weighted by molar-refractivity contribution is 5.86. The van der Waals surface area contributed by atoms with E-state index in [1.807, 2.05) is 27.7 Å². The second-order valence-corrected chi connectivity index (χ2v) is 9.79. The monoisotopic (exact) mass is 338 g/mol. The van der Waals surface area contributed by atoms with Gasteiger partial charge in [-0.1, -0.05) is 6.92 Å². The molecule has 0 aromatic carbocycles. The smallest absolute Gasteiger partial charge is 0.311 e. The summed E-state index contributed by atoms with van der Waals surface area (Å²) in [6.07, 6.45) is 3.07. The minimum atomic E-state index is -1.04. The normalized spacial score (nSPS) is 37.8. The van der Waals surface area contributed by atoms with E-state index in [4.69, 9.17) is 4.74 Å². The third kappa shape index (κ3) is 3.54.